The van der Waals surface area contributed by atoms with Crippen LogP contribution in [-0.2, 0) is 19.3 Å². The van der Waals surface area contributed by atoms with Crippen molar-refractivity contribution < 1.29 is 9.84 Å². The van der Waals surface area contributed by atoms with Gasteiger partial charge in [-0.1, -0.05) is 68.8 Å². The molecule has 4 aromatic rings. The number of rotatable bonds is 10. The van der Waals surface area contributed by atoms with Gasteiger partial charge in [-0.05, 0) is 66.6 Å². The molecule has 1 aliphatic carbocycles. The summed E-state index contributed by atoms with van der Waals surface area (Å²) in [6.45, 7) is 4.08. The molecular weight excluding hydrogens is 498 g/mol. The Balaban J connectivity index is 1.57. The van der Waals surface area contributed by atoms with Crippen molar-refractivity contribution in [1.82, 2.24) is 9.55 Å². The van der Waals surface area contributed by atoms with Crippen LogP contribution in [0.25, 0.3) is 16.8 Å². The van der Waals surface area contributed by atoms with Gasteiger partial charge in [-0.2, -0.15) is 5.26 Å². The number of nitrogens with zero attached hydrogens (tertiary/aromatic N) is 3. The second kappa shape index (κ2) is 11.9. The summed E-state index contributed by atoms with van der Waals surface area (Å²) in [6, 6.07) is 25.6. The normalized spacial score (nSPS) is 13.8. The number of nitriles is 1. The zero-order chi connectivity index (χ0) is 28.1. The monoisotopic (exact) mass is 533 g/mol. The molecule has 0 aliphatic heterocycles. The van der Waals surface area contributed by atoms with E-state index in [4.69, 9.17) is 9.72 Å². The number of ether oxygens (including phenoxy) is 1. The third-order valence-corrected chi connectivity index (χ3v) is 7.83. The van der Waals surface area contributed by atoms with Crippen molar-refractivity contribution in [3.05, 3.63) is 111 Å². The number of aliphatic hydroxyl groups excluding tert-OH is 1. The van der Waals surface area contributed by atoms with Gasteiger partial charge < -0.3 is 9.84 Å². The molecule has 40 heavy (non-hydrogen) atoms. The van der Waals surface area contributed by atoms with E-state index in [2.05, 4.69) is 13.0 Å². The quantitative estimate of drug-likeness (QED) is 0.263. The van der Waals surface area contributed by atoms with E-state index >= 15 is 0 Å². The van der Waals surface area contributed by atoms with Crippen molar-refractivity contribution in [3.63, 3.8) is 0 Å². The third-order valence-electron chi connectivity index (χ3n) is 7.83. The van der Waals surface area contributed by atoms with Crippen LogP contribution in [0.1, 0.15) is 67.7 Å². The van der Waals surface area contributed by atoms with Crippen molar-refractivity contribution in [2.75, 3.05) is 6.61 Å². The van der Waals surface area contributed by atoms with E-state index in [9.17, 15) is 15.2 Å². The molecule has 6 heteroatoms. The predicted molar refractivity (Wildman–Crippen MR) is 157 cm³/mol. The van der Waals surface area contributed by atoms with E-state index in [1.807, 2.05) is 79.7 Å². The number of hydrogen-bond acceptors (Lipinski definition) is 5. The maximum Gasteiger partial charge on any atom is 0.261 e. The van der Waals surface area contributed by atoms with Gasteiger partial charge >= 0.3 is 0 Å². The van der Waals surface area contributed by atoms with E-state index in [1.165, 1.54) is 0 Å². The smallest absolute Gasteiger partial charge is 0.261 e. The zero-order valence-electron chi connectivity index (χ0n) is 23.2. The van der Waals surface area contributed by atoms with Crippen LogP contribution in [0, 0.1) is 11.3 Å². The zero-order valence-corrected chi connectivity index (χ0v) is 23.2. The summed E-state index contributed by atoms with van der Waals surface area (Å²) in [5.74, 6) is 1.38. The molecule has 0 unspecified atom stereocenters. The van der Waals surface area contributed by atoms with Gasteiger partial charge in [0.1, 0.15) is 23.2 Å². The lowest BCUT2D eigenvalue weighted by Crippen LogP contribution is -2.46. The van der Waals surface area contributed by atoms with Crippen LogP contribution in [0.5, 0.6) is 5.75 Å². The van der Waals surface area contributed by atoms with E-state index in [-0.39, 0.29) is 12.2 Å². The number of benzene rings is 3. The Morgan fingerprint density at radius 3 is 2.38 bits per heavy atom. The minimum Gasteiger partial charge on any atom is -0.485 e. The minimum absolute atomic E-state index is 0.00345. The van der Waals surface area contributed by atoms with Gasteiger partial charge in [0.15, 0.2) is 0 Å². The van der Waals surface area contributed by atoms with Crippen molar-refractivity contribution in [1.29, 1.82) is 5.26 Å². The fraction of sp³-hybridized carbons (Fsp3) is 0.324. The third kappa shape index (κ3) is 5.30. The Morgan fingerprint density at radius 1 is 1.02 bits per heavy atom. The molecule has 0 spiro atoms. The number of hydrogen-bond donors (Lipinski definition) is 1. The van der Waals surface area contributed by atoms with Crippen LogP contribution in [0.4, 0.5) is 0 Å². The standard InChI is InChI=1S/C34H35N3O3/c1-3-10-31-29(21-25-13-8-14-28(30(25)22-35)24-11-6-5-7-12-24)33(39)37(32(4-2)36-31)26-15-17-27(18-16-26)40-34(23-38)19-9-20-34/h5-8,11-18,38H,3-4,9-10,19-21,23H2,1-2H3. The van der Waals surface area contributed by atoms with E-state index in [0.29, 0.717) is 42.0 Å². The highest BCUT2D eigenvalue weighted by Crippen LogP contribution is 2.36. The van der Waals surface area contributed by atoms with Gasteiger partial charge in [0, 0.05) is 18.4 Å². The summed E-state index contributed by atoms with van der Waals surface area (Å²) in [4.78, 5) is 19.2. The molecule has 6 nitrogen and oxygen atoms in total. The largest absolute Gasteiger partial charge is 0.485 e. The first-order valence-electron chi connectivity index (χ1n) is 14.1. The minimum atomic E-state index is -0.490. The molecule has 0 atom stereocenters. The van der Waals surface area contributed by atoms with Gasteiger partial charge in [-0.25, -0.2) is 4.98 Å². The van der Waals surface area contributed by atoms with Gasteiger partial charge in [0.2, 0.25) is 0 Å². The molecule has 204 valence electrons. The first-order valence-corrected chi connectivity index (χ1v) is 14.1. The summed E-state index contributed by atoms with van der Waals surface area (Å²) in [7, 11) is 0. The fourth-order valence-electron chi connectivity index (χ4n) is 5.48. The highest BCUT2D eigenvalue weighted by Gasteiger charge is 2.38. The van der Waals surface area contributed by atoms with Gasteiger partial charge in [0.05, 0.1) is 23.6 Å². The molecule has 0 amide bonds. The Kier molecular flexibility index (Phi) is 8.14. The first kappa shape index (κ1) is 27.4. The van der Waals surface area contributed by atoms with Crippen LogP contribution in [0.15, 0.2) is 77.6 Å². The second-order valence-electron chi connectivity index (χ2n) is 10.5. The summed E-state index contributed by atoms with van der Waals surface area (Å²) < 4.78 is 7.80. The van der Waals surface area contributed by atoms with E-state index in [0.717, 1.165) is 53.8 Å². The van der Waals surface area contributed by atoms with Crippen LogP contribution in [0.3, 0.4) is 0 Å². The first-order chi connectivity index (χ1) is 19.5. The molecule has 1 fully saturated rings. The van der Waals surface area contributed by atoms with Crippen molar-refractivity contribution in [2.45, 2.75) is 64.4 Å². The lowest BCUT2D eigenvalue weighted by Gasteiger charge is -2.40. The average Bonchev–Trinajstić information content (AvgIpc) is 2.97. The van der Waals surface area contributed by atoms with Crippen LogP contribution >= 0.6 is 0 Å². The molecule has 0 radical (unpaired) electrons. The molecule has 0 saturated heterocycles. The topological polar surface area (TPSA) is 88.1 Å². The summed E-state index contributed by atoms with van der Waals surface area (Å²) in [5, 5.41) is 19.9. The summed E-state index contributed by atoms with van der Waals surface area (Å²) in [5.41, 5.74) is 4.76. The average molecular weight is 534 g/mol. The van der Waals surface area contributed by atoms with E-state index < -0.39 is 5.60 Å². The van der Waals surface area contributed by atoms with Crippen LogP contribution < -0.4 is 10.3 Å². The van der Waals surface area contributed by atoms with E-state index in [1.54, 1.807) is 4.57 Å². The Hall–Kier alpha value is -4.21. The highest BCUT2D eigenvalue weighted by atomic mass is 16.5. The maximum absolute atomic E-state index is 14.2. The lowest BCUT2D eigenvalue weighted by atomic mass is 9.80. The molecule has 5 rings (SSSR count). The van der Waals surface area contributed by atoms with Gasteiger partial charge in [-0.3, -0.25) is 9.36 Å². The fourth-order valence-corrected chi connectivity index (χ4v) is 5.48. The van der Waals surface area contributed by atoms with Crippen LogP contribution in [-0.4, -0.2) is 26.9 Å². The maximum atomic E-state index is 14.2. The molecule has 1 aliphatic rings. The molecule has 3 aromatic carbocycles. The predicted octanol–water partition coefficient (Wildman–Crippen LogP) is 6.17. The molecule has 0 bridgehead atoms. The Labute approximate surface area is 235 Å². The summed E-state index contributed by atoms with van der Waals surface area (Å²) >= 11 is 0. The highest BCUT2D eigenvalue weighted by molar-refractivity contribution is 5.72. The summed E-state index contributed by atoms with van der Waals surface area (Å²) in [6.07, 6.45) is 5.21. The van der Waals surface area contributed by atoms with Gasteiger partial charge in [0.25, 0.3) is 5.56 Å². The molecule has 1 saturated carbocycles. The molecule has 1 N–H and O–H groups in total. The van der Waals surface area contributed by atoms with Crippen molar-refractivity contribution in [3.8, 4) is 28.6 Å². The number of aromatic nitrogens is 2. The number of aliphatic hydroxyl groups is 1. The molecular formula is C34H35N3O3. The van der Waals surface area contributed by atoms with Crippen LogP contribution in [0.2, 0.25) is 0 Å². The van der Waals surface area contributed by atoms with Crippen molar-refractivity contribution >= 4 is 0 Å². The Morgan fingerprint density at radius 2 is 1.77 bits per heavy atom. The number of aryl methyl sites for hydroxylation is 2. The van der Waals surface area contributed by atoms with Crippen molar-refractivity contribution in [2.24, 2.45) is 0 Å². The lowest BCUT2D eigenvalue weighted by molar-refractivity contribution is -0.0515. The molecule has 1 heterocycles. The Bertz CT molecular complexity index is 1570. The van der Waals surface area contributed by atoms with Gasteiger partial charge in [-0.15, -0.1) is 0 Å². The molecule has 1 aromatic heterocycles. The second-order valence-corrected chi connectivity index (χ2v) is 10.5. The SMILES string of the molecule is CCCc1nc(CC)n(-c2ccc(OC3(CO)CCC3)cc2)c(=O)c1Cc1cccc(-c2ccccc2)c1C#N.